The number of hydrogen-bond donors (Lipinski definition) is 0. The van der Waals surface area contributed by atoms with Gasteiger partial charge in [-0.15, -0.1) is 0 Å². The Morgan fingerprint density at radius 2 is 1.14 bits per heavy atom. The third-order valence-electron chi connectivity index (χ3n) is 8.99. The van der Waals surface area contributed by atoms with Crippen molar-refractivity contribution in [2.75, 3.05) is 0 Å². The highest BCUT2D eigenvalue weighted by Gasteiger charge is 2.40. The molecule has 0 radical (unpaired) electrons. The maximum absolute atomic E-state index is 15.2. The van der Waals surface area contributed by atoms with E-state index in [2.05, 4.69) is 120 Å². The molecule has 43 heavy (non-hydrogen) atoms. The minimum Gasteiger partial charge on any atom is -0.309 e. The molecule has 1 unspecified atom stereocenters. The summed E-state index contributed by atoms with van der Waals surface area (Å²) in [6.45, 7) is 0. The van der Waals surface area contributed by atoms with Crippen LogP contribution in [0.3, 0.4) is 0 Å². The highest BCUT2D eigenvalue weighted by atomic mass is 31.2. The van der Waals surface area contributed by atoms with Crippen LogP contribution in [0, 0.1) is 0 Å². The smallest absolute Gasteiger partial charge is 0.172 e. The van der Waals surface area contributed by atoms with Gasteiger partial charge < -0.3 is 9.13 Å². The van der Waals surface area contributed by atoms with Crippen LogP contribution in [-0.4, -0.2) is 4.57 Å². The third-order valence-corrected chi connectivity index (χ3v) is 12.1. The normalized spacial score (nSPS) is 15.6. The molecule has 2 heterocycles. The molecule has 202 valence electrons. The van der Waals surface area contributed by atoms with Crippen LogP contribution in [0.5, 0.6) is 0 Å². The van der Waals surface area contributed by atoms with Crippen LogP contribution in [0.4, 0.5) is 0 Å². The van der Waals surface area contributed by atoms with E-state index in [9.17, 15) is 0 Å². The lowest BCUT2D eigenvalue weighted by atomic mass is 10.0. The Balaban J connectivity index is 1.26. The van der Waals surface area contributed by atoms with Crippen molar-refractivity contribution in [3.63, 3.8) is 0 Å². The predicted octanol–water partition coefficient (Wildman–Crippen LogP) is 9.22. The Morgan fingerprint density at radius 3 is 2.00 bits per heavy atom. The lowest BCUT2D eigenvalue weighted by Crippen LogP contribution is -2.20. The van der Waals surface area contributed by atoms with Gasteiger partial charge in [-0.25, -0.2) is 0 Å². The molecule has 0 aliphatic carbocycles. The first-order valence-corrected chi connectivity index (χ1v) is 16.3. The van der Waals surface area contributed by atoms with Crippen LogP contribution in [0.1, 0.15) is 0 Å². The highest BCUT2D eigenvalue weighted by molar-refractivity contribution is 7.86. The number of hydrogen-bond acceptors (Lipinski definition) is 1. The summed E-state index contributed by atoms with van der Waals surface area (Å²) in [6, 6.07) is 55.2. The highest BCUT2D eigenvalue weighted by Crippen LogP contribution is 2.53. The van der Waals surface area contributed by atoms with Crippen LogP contribution in [-0.2, 0) is 4.57 Å². The van der Waals surface area contributed by atoms with Gasteiger partial charge in [0, 0.05) is 32.4 Å². The SMILES string of the molecule is O=P1(c2ccccc2)c2ccccc2-c2cc3c(cc21)c1ccccc1n3-c1ccc(-c2ccc3ccccc3c2)cc1. The molecule has 1 atom stereocenters. The van der Waals surface area contributed by atoms with Gasteiger partial charge >= 0.3 is 0 Å². The molecule has 0 N–H and O–H groups in total. The van der Waals surface area contributed by atoms with Gasteiger partial charge in [0.05, 0.1) is 11.0 Å². The van der Waals surface area contributed by atoms with Crippen molar-refractivity contribution in [3.05, 3.63) is 158 Å². The maximum atomic E-state index is 15.2. The van der Waals surface area contributed by atoms with Crippen LogP contribution < -0.4 is 15.9 Å². The molecule has 0 fully saturated rings. The van der Waals surface area contributed by atoms with Gasteiger partial charge in [-0.2, -0.15) is 0 Å². The summed E-state index contributed by atoms with van der Waals surface area (Å²) >= 11 is 0. The van der Waals surface area contributed by atoms with E-state index in [0.717, 1.165) is 54.5 Å². The van der Waals surface area contributed by atoms with Gasteiger partial charge in [0.1, 0.15) is 0 Å². The van der Waals surface area contributed by atoms with Crippen LogP contribution >= 0.6 is 7.14 Å². The zero-order valence-electron chi connectivity index (χ0n) is 23.3. The lowest BCUT2D eigenvalue weighted by molar-refractivity contribution is 0.593. The molecule has 0 amide bonds. The van der Waals surface area contributed by atoms with Crippen molar-refractivity contribution in [1.29, 1.82) is 0 Å². The number of aromatic nitrogens is 1. The standard InChI is InChI=1S/C40H26NOP/c42-43(32-12-2-1-3-13-32)39-17-9-7-15-34(39)36-25-38-35(26-40(36)43)33-14-6-8-16-37(33)41(38)31-22-20-28(21-23-31)30-19-18-27-10-4-5-11-29(27)24-30/h1-26H. The fourth-order valence-corrected chi connectivity index (χ4v) is 10.0. The molecule has 1 aromatic heterocycles. The summed E-state index contributed by atoms with van der Waals surface area (Å²) < 4.78 is 17.5. The summed E-state index contributed by atoms with van der Waals surface area (Å²) in [7, 11) is -3.01. The molecular weight excluding hydrogens is 541 g/mol. The van der Waals surface area contributed by atoms with E-state index < -0.39 is 7.14 Å². The van der Waals surface area contributed by atoms with Gasteiger partial charge in [0.15, 0.2) is 7.14 Å². The zero-order chi connectivity index (χ0) is 28.5. The first-order chi connectivity index (χ1) is 21.2. The molecule has 0 saturated heterocycles. The molecule has 1 aliphatic heterocycles. The van der Waals surface area contributed by atoms with Crippen molar-refractivity contribution >= 4 is 55.6 Å². The average Bonchev–Trinajstić information content (AvgIpc) is 3.54. The summed E-state index contributed by atoms with van der Waals surface area (Å²) in [4.78, 5) is 0. The zero-order valence-corrected chi connectivity index (χ0v) is 24.2. The molecule has 7 aromatic carbocycles. The van der Waals surface area contributed by atoms with E-state index in [4.69, 9.17) is 0 Å². The number of nitrogens with zero attached hydrogens (tertiary/aromatic N) is 1. The Hall–Kier alpha value is -5.17. The minimum absolute atomic E-state index is 0.883. The minimum atomic E-state index is -3.01. The fourth-order valence-electron chi connectivity index (χ4n) is 6.95. The number of para-hydroxylation sites is 1. The third kappa shape index (κ3) is 3.51. The van der Waals surface area contributed by atoms with Crippen LogP contribution in [0.2, 0.25) is 0 Å². The summed E-state index contributed by atoms with van der Waals surface area (Å²) in [6.07, 6.45) is 0. The van der Waals surface area contributed by atoms with Crippen LogP contribution in [0.15, 0.2) is 158 Å². The molecular formula is C40H26NOP. The van der Waals surface area contributed by atoms with Gasteiger partial charge in [-0.05, 0) is 69.4 Å². The Labute approximate surface area is 249 Å². The van der Waals surface area contributed by atoms with E-state index >= 15 is 4.57 Å². The molecule has 3 heteroatoms. The molecule has 2 nitrogen and oxygen atoms in total. The van der Waals surface area contributed by atoms with Gasteiger partial charge in [-0.1, -0.05) is 121 Å². The second-order valence-corrected chi connectivity index (χ2v) is 14.0. The molecule has 9 rings (SSSR count). The van der Waals surface area contributed by atoms with E-state index in [1.54, 1.807) is 0 Å². The van der Waals surface area contributed by atoms with Crippen LogP contribution in [0.25, 0.3) is 60.5 Å². The molecule has 1 aliphatic rings. The Kier molecular flexibility index (Phi) is 5.21. The molecule has 0 bridgehead atoms. The summed E-state index contributed by atoms with van der Waals surface area (Å²) in [5.41, 5.74) is 7.89. The van der Waals surface area contributed by atoms with E-state index in [-0.39, 0.29) is 0 Å². The molecule has 8 aromatic rings. The van der Waals surface area contributed by atoms with Crippen molar-refractivity contribution < 1.29 is 4.57 Å². The second-order valence-electron chi connectivity index (χ2n) is 11.3. The second kappa shape index (κ2) is 9.16. The quantitative estimate of drug-likeness (QED) is 0.195. The molecule has 0 saturated carbocycles. The average molecular weight is 568 g/mol. The number of fused-ring (bicyclic) bond motifs is 7. The van der Waals surface area contributed by atoms with Crippen molar-refractivity contribution in [2.24, 2.45) is 0 Å². The van der Waals surface area contributed by atoms with Gasteiger partial charge in [0.2, 0.25) is 0 Å². The summed E-state index contributed by atoms with van der Waals surface area (Å²) in [5, 5.41) is 7.52. The predicted molar refractivity (Wildman–Crippen MR) is 182 cm³/mol. The van der Waals surface area contributed by atoms with Gasteiger partial charge in [-0.3, -0.25) is 0 Å². The number of benzene rings is 7. The van der Waals surface area contributed by atoms with Gasteiger partial charge in [0.25, 0.3) is 0 Å². The van der Waals surface area contributed by atoms with E-state index in [0.29, 0.717) is 0 Å². The Morgan fingerprint density at radius 1 is 0.442 bits per heavy atom. The first-order valence-electron chi connectivity index (χ1n) is 14.6. The van der Waals surface area contributed by atoms with Crippen molar-refractivity contribution in [1.82, 2.24) is 4.57 Å². The monoisotopic (exact) mass is 567 g/mol. The molecule has 0 spiro atoms. The topological polar surface area (TPSA) is 22.0 Å². The lowest BCUT2D eigenvalue weighted by Gasteiger charge is -2.16. The van der Waals surface area contributed by atoms with E-state index in [1.165, 1.54) is 21.9 Å². The maximum Gasteiger partial charge on any atom is 0.172 e. The van der Waals surface area contributed by atoms with E-state index in [1.807, 2.05) is 42.5 Å². The Bertz CT molecular complexity index is 2420. The van der Waals surface area contributed by atoms with Crippen molar-refractivity contribution in [3.8, 4) is 27.9 Å². The largest absolute Gasteiger partial charge is 0.309 e. The first kappa shape index (κ1) is 24.4. The summed E-state index contributed by atoms with van der Waals surface area (Å²) in [5.74, 6) is 0. The fraction of sp³-hybridized carbons (Fsp3) is 0. The number of rotatable bonds is 3. The van der Waals surface area contributed by atoms with Crippen molar-refractivity contribution in [2.45, 2.75) is 0 Å².